The van der Waals surface area contributed by atoms with Crippen LogP contribution in [0.1, 0.15) is 62.6 Å². The Kier molecular flexibility index (Phi) is 16.3. The van der Waals surface area contributed by atoms with Crippen LogP contribution in [0.25, 0.3) is 11.1 Å². The van der Waals surface area contributed by atoms with E-state index in [0.29, 0.717) is 50.3 Å². The number of pyridine rings is 2. The molecule has 0 bridgehead atoms. The number of aliphatic carboxylic acids is 1. The van der Waals surface area contributed by atoms with E-state index in [2.05, 4.69) is 38.5 Å². The lowest BCUT2D eigenvalue weighted by atomic mass is 9.92. The lowest BCUT2D eigenvalue weighted by Crippen LogP contribution is -2.44. The number of hydrogen-bond acceptors (Lipinski definition) is 12. The second-order valence-corrected chi connectivity index (χ2v) is 15.7. The fourth-order valence-electron chi connectivity index (χ4n) is 6.92. The minimum Gasteiger partial charge on any atom is -0.488 e. The normalized spacial score (nSPS) is 12.1. The molecule has 0 spiro atoms. The monoisotopic (exact) mass is 903 g/mol. The number of benzene rings is 4. The molecule has 0 aliphatic rings. The van der Waals surface area contributed by atoms with Gasteiger partial charge in [-0.15, -0.1) is 0 Å². The van der Waals surface area contributed by atoms with E-state index in [1.54, 1.807) is 62.2 Å². The number of hydrogen-bond donors (Lipinski definition) is 4. The molecule has 6 aromatic rings. The lowest BCUT2D eigenvalue weighted by molar-refractivity contribution is -0.142. The molecule has 0 amide bonds. The van der Waals surface area contributed by atoms with Gasteiger partial charge >= 0.3 is 5.97 Å². The van der Waals surface area contributed by atoms with Crippen molar-refractivity contribution in [3.05, 3.63) is 163 Å². The van der Waals surface area contributed by atoms with Crippen molar-refractivity contribution in [2.45, 2.75) is 72.5 Å². The summed E-state index contributed by atoms with van der Waals surface area (Å²) in [5.74, 6) is 0.337. The molecule has 0 radical (unpaired) electrons. The molecule has 13 nitrogen and oxygen atoms in total. The van der Waals surface area contributed by atoms with Gasteiger partial charge in [0.2, 0.25) is 0 Å². The zero-order chi connectivity index (χ0) is 45.8. The third kappa shape index (κ3) is 11.9. The number of halogens is 2. The zero-order valence-corrected chi connectivity index (χ0v) is 37.2. The van der Waals surface area contributed by atoms with Crippen LogP contribution in [0.5, 0.6) is 23.0 Å². The van der Waals surface area contributed by atoms with E-state index >= 15 is 0 Å². The van der Waals surface area contributed by atoms with Gasteiger partial charge in [0.15, 0.2) is 0 Å². The molecule has 0 saturated heterocycles. The van der Waals surface area contributed by atoms with Gasteiger partial charge < -0.3 is 34.3 Å². The number of carboxylic acids is 1. The van der Waals surface area contributed by atoms with Crippen molar-refractivity contribution < 1.29 is 39.1 Å². The van der Waals surface area contributed by atoms with Crippen LogP contribution in [-0.2, 0) is 44.4 Å². The quantitative estimate of drug-likeness (QED) is 0.0535. The van der Waals surface area contributed by atoms with Gasteiger partial charge in [-0.2, -0.15) is 5.26 Å². The predicted octanol–water partition coefficient (Wildman–Crippen LogP) is 8.72. The molecule has 6 rings (SSSR count). The molecule has 0 fully saturated rings. The summed E-state index contributed by atoms with van der Waals surface area (Å²) in [5.41, 5.74) is 9.62. The van der Waals surface area contributed by atoms with Crippen molar-refractivity contribution in [2.24, 2.45) is 4.99 Å². The zero-order valence-electron chi connectivity index (χ0n) is 35.6. The summed E-state index contributed by atoms with van der Waals surface area (Å²) < 4.78 is 24.9. The Hall–Kier alpha value is -6.53. The van der Waals surface area contributed by atoms with Crippen LogP contribution in [-0.4, -0.2) is 56.7 Å². The maximum absolute atomic E-state index is 11.8. The highest BCUT2D eigenvalue weighted by Gasteiger charge is 2.24. The fourth-order valence-corrected chi connectivity index (χ4v) is 7.40. The summed E-state index contributed by atoms with van der Waals surface area (Å²) in [6.07, 6.45) is 7.01. The lowest BCUT2D eigenvalue weighted by Gasteiger charge is -2.20. The first kappa shape index (κ1) is 47.0. The number of nitrogens with one attached hydrogen (secondary N) is 1. The number of nitriles is 1. The number of aromatic nitrogens is 2. The molecule has 4 aromatic carbocycles. The van der Waals surface area contributed by atoms with E-state index in [-0.39, 0.29) is 44.6 Å². The van der Waals surface area contributed by atoms with Crippen molar-refractivity contribution in [1.82, 2.24) is 15.3 Å². The molecular formula is C49H47Cl2N5O8. The van der Waals surface area contributed by atoms with Crippen LogP contribution in [0.3, 0.4) is 0 Å². The first-order chi connectivity index (χ1) is 30.9. The highest BCUT2D eigenvalue weighted by atomic mass is 35.5. The highest BCUT2D eigenvalue weighted by Crippen LogP contribution is 2.37. The van der Waals surface area contributed by atoms with Gasteiger partial charge in [0.1, 0.15) is 61.5 Å². The molecule has 4 N–H and O–H groups in total. The van der Waals surface area contributed by atoms with E-state index in [4.69, 9.17) is 42.1 Å². The Morgan fingerprint density at radius 2 is 1.30 bits per heavy atom. The van der Waals surface area contributed by atoms with Crippen LogP contribution in [0.4, 0.5) is 0 Å². The second kappa shape index (κ2) is 22.2. The Bertz CT molecular complexity index is 2690. The maximum Gasteiger partial charge on any atom is 0.323 e. The minimum atomic E-state index is -1.23. The van der Waals surface area contributed by atoms with Crippen molar-refractivity contribution in [1.29, 1.82) is 5.26 Å². The van der Waals surface area contributed by atoms with Gasteiger partial charge in [-0.05, 0) is 78.4 Å². The van der Waals surface area contributed by atoms with E-state index in [1.165, 1.54) is 13.1 Å². The first-order valence-electron chi connectivity index (χ1n) is 20.2. The third-order valence-electron chi connectivity index (χ3n) is 10.4. The molecule has 15 heteroatoms. The van der Waals surface area contributed by atoms with Gasteiger partial charge in [-0.3, -0.25) is 25.1 Å². The van der Waals surface area contributed by atoms with Crippen molar-refractivity contribution >= 4 is 35.4 Å². The third-order valence-corrected chi connectivity index (χ3v) is 11.0. The van der Waals surface area contributed by atoms with Crippen LogP contribution >= 0.6 is 23.2 Å². The van der Waals surface area contributed by atoms with E-state index in [1.807, 2.05) is 44.2 Å². The summed E-state index contributed by atoms with van der Waals surface area (Å²) in [7, 11) is 1.69. The standard InChI is InChI=1S/C49H47Cl2N5O8/c1-29-36(27-63-46-15-44(61-25-34-11-32(17-52)19-54-21-34)38(13-42(46)50)23-56-48(31(3)58)49(59)60)7-5-9-40(29)41-10-6-8-37(30(41)2)28-64-47-16-45(39(24-57)14-43(47)51)62-26-35-12-33(18-53-4)20-55-22-35/h5-16,18-22,31,48,56-58H,23-28H2,1-4H3,(H,59,60)/b53-18+/t31-,48+/m1/s1. The van der Waals surface area contributed by atoms with Crippen LogP contribution < -0.4 is 24.3 Å². The molecule has 0 saturated carbocycles. The summed E-state index contributed by atoms with van der Waals surface area (Å²) in [6.45, 7) is 5.85. The summed E-state index contributed by atoms with van der Waals surface area (Å²) in [6, 6.07) is 23.0. The van der Waals surface area contributed by atoms with Crippen molar-refractivity contribution in [3.63, 3.8) is 0 Å². The predicted molar refractivity (Wildman–Crippen MR) is 244 cm³/mol. The second-order valence-electron chi connectivity index (χ2n) is 14.9. The molecule has 0 aliphatic heterocycles. The molecule has 0 unspecified atom stereocenters. The first-order valence-corrected chi connectivity index (χ1v) is 20.9. The van der Waals surface area contributed by atoms with Crippen LogP contribution in [0.15, 0.2) is 103 Å². The van der Waals surface area contributed by atoms with E-state index in [0.717, 1.165) is 44.5 Å². The number of aliphatic hydroxyl groups excluding tert-OH is 2. The summed E-state index contributed by atoms with van der Waals surface area (Å²) >= 11 is 13.4. The summed E-state index contributed by atoms with van der Waals surface area (Å²) in [5, 5.41) is 42.5. The van der Waals surface area contributed by atoms with Gasteiger partial charge in [0.05, 0.1) is 28.3 Å². The topological polar surface area (TPSA) is 189 Å². The van der Waals surface area contributed by atoms with E-state index in [9.17, 15) is 25.4 Å². The number of carbonyl (C=O) groups is 1. The van der Waals surface area contributed by atoms with Gasteiger partial charge in [-0.1, -0.05) is 59.6 Å². The number of carboxylic acid groups (broad SMARTS) is 1. The van der Waals surface area contributed by atoms with Gasteiger partial charge in [-0.25, -0.2) is 0 Å². The van der Waals surface area contributed by atoms with Gasteiger partial charge in [0, 0.05) is 84.5 Å². The van der Waals surface area contributed by atoms with Crippen molar-refractivity contribution in [3.8, 4) is 40.2 Å². The largest absolute Gasteiger partial charge is 0.488 e. The Labute approximate surface area is 381 Å². The van der Waals surface area contributed by atoms with Crippen molar-refractivity contribution in [2.75, 3.05) is 7.05 Å². The Balaban J connectivity index is 1.19. The number of rotatable bonds is 20. The Morgan fingerprint density at radius 1 is 0.766 bits per heavy atom. The van der Waals surface area contributed by atoms with Crippen LogP contribution in [0, 0.1) is 25.2 Å². The smallest absolute Gasteiger partial charge is 0.323 e. The van der Waals surface area contributed by atoms with E-state index < -0.39 is 18.1 Å². The molecule has 64 heavy (non-hydrogen) atoms. The molecule has 2 atom stereocenters. The average molecular weight is 905 g/mol. The Morgan fingerprint density at radius 3 is 1.83 bits per heavy atom. The average Bonchev–Trinajstić information content (AvgIpc) is 3.28. The number of aliphatic imine (C=N–C) groups is 1. The molecule has 330 valence electrons. The number of aliphatic hydroxyl groups is 2. The molecule has 2 aromatic heterocycles. The SMILES string of the molecule is C/N=C/c1cncc(COc2cc(OCc3cccc(-c4cccc(COc5cc(OCc6cncc(C#N)c6)c(CN[C@H](C(=O)O)[C@@H](C)O)cc5Cl)c4C)c3C)c(Cl)cc2CO)c1. The molecular weight excluding hydrogens is 857 g/mol. The molecule has 0 aliphatic carbocycles. The number of nitrogens with zero attached hydrogens (tertiary/aromatic N) is 4. The number of ether oxygens (including phenoxy) is 4. The summed E-state index contributed by atoms with van der Waals surface area (Å²) in [4.78, 5) is 24.2. The molecule has 2 heterocycles. The maximum atomic E-state index is 11.8. The van der Waals surface area contributed by atoms with Gasteiger partial charge in [0.25, 0.3) is 0 Å². The minimum absolute atomic E-state index is 0.0141. The highest BCUT2D eigenvalue weighted by molar-refractivity contribution is 6.32. The van der Waals surface area contributed by atoms with Crippen LogP contribution in [0.2, 0.25) is 10.0 Å². The fraction of sp³-hybridized carbons (Fsp3) is 0.245.